The van der Waals surface area contributed by atoms with Gasteiger partial charge in [0.05, 0.1) is 0 Å². The maximum absolute atomic E-state index is 11.8. The molecule has 0 saturated heterocycles. The van der Waals surface area contributed by atoms with Gasteiger partial charge in [-0.25, -0.2) is 9.97 Å². The standard InChI is InChI=1S/C10H14N4O3/c15-10(13-7-4-2-1-3-5-7)8-9(14(16)17)12-6-11-8/h6-7H,1-5H2,(H,11,12)(H,13,15). The maximum atomic E-state index is 11.8. The minimum atomic E-state index is -0.636. The molecule has 7 heteroatoms. The Morgan fingerprint density at radius 3 is 2.82 bits per heavy atom. The smallest absolute Gasteiger partial charge is 0.353 e. The average Bonchev–Trinajstić information content (AvgIpc) is 2.79. The molecule has 2 N–H and O–H groups in total. The van der Waals surface area contributed by atoms with Gasteiger partial charge in [0.1, 0.15) is 0 Å². The first-order valence-electron chi connectivity index (χ1n) is 5.67. The Balaban J connectivity index is 2.03. The summed E-state index contributed by atoms with van der Waals surface area (Å²) in [4.78, 5) is 27.8. The minimum absolute atomic E-state index is 0.118. The molecule has 1 aromatic heterocycles. The van der Waals surface area contributed by atoms with Gasteiger partial charge in [0.25, 0.3) is 5.91 Å². The van der Waals surface area contributed by atoms with E-state index in [-0.39, 0.29) is 17.6 Å². The summed E-state index contributed by atoms with van der Waals surface area (Å²) in [6.07, 6.45) is 6.40. The molecule has 92 valence electrons. The molecular formula is C10H14N4O3. The van der Waals surface area contributed by atoms with Crippen molar-refractivity contribution >= 4 is 11.7 Å². The summed E-state index contributed by atoms with van der Waals surface area (Å²) in [6, 6.07) is 0.118. The van der Waals surface area contributed by atoms with Crippen molar-refractivity contribution in [2.75, 3.05) is 0 Å². The molecule has 1 aliphatic carbocycles. The molecule has 1 amide bonds. The lowest BCUT2D eigenvalue weighted by Gasteiger charge is -2.22. The van der Waals surface area contributed by atoms with E-state index in [4.69, 9.17) is 0 Å². The number of aromatic nitrogens is 2. The molecule has 0 unspecified atom stereocenters. The number of imidazole rings is 1. The number of aromatic amines is 1. The topological polar surface area (TPSA) is 101 Å². The highest BCUT2D eigenvalue weighted by Crippen LogP contribution is 2.19. The third-order valence-electron chi connectivity index (χ3n) is 2.96. The van der Waals surface area contributed by atoms with Crippen molar-refractivity contribution in [2.45, 2.75) is 38.1 Å². The van der Waals surface area contributed by atoms with Crippen molar-refractivity contribution in [1.82, 2.24) is 15.3 Å². The van der Waals surface area contributed by atoms with E-state index in [0.717, 1.165) is 32.0 Å². The van der Waals surface area contributed by atoms with Crippen molar-refractivity contribution in [3.63, 3.8) is 0 Å². The molecule has 1 aliphatic rings. The SMILES string of the molecule is O=C(NC1CCCCC1)c1nc[nH]c1[N+](=O)[O-]. The van der Waals surface area contributed by atoms with Crippen LogP contribution in [0.25, 0.3) is 0 Å². The molecule has 0 bridgehead atoms. The van der Waals surface area contributed by atoms with Crippen molar-refractivity contribution < 1.29 is 9.72 Å². The van der Waals surface area contributed by atoms with Crippen LogP contribution in [0.15, 0.2) is 6.33 Å². The first-order chi connectivity index (χ1) is 8.18. The molecule has 0 radical (unpaired) electrons. The second-order valence-corrected chi connectivity index (χ2v) is 4.17. The van der Waals surface area contributed by atoms with Crippen LogP contribution in [0.1, 0.15) is 42.6 Å². The largest absolute Gasteiger partial charge is 0.358 e. The molecule has 2 rings (SSSR count). The molecule has 1 fully saturated rings. The van der Waals surface area contributed by atoms with Crippen LogP contribution in [0, 0.1) is 10.1 Å². The van der Waals surface area contributed by atoms with Gasteiger partial charge in [0, 0.05) is 6.04 Å². The van der Waals surface area contributed by atoms with Crippen LogP contribution in [-0.4, -0.2) is 26.8 Å². The fraction of sp³-hybridized carbons (Fsp3) is 0.600. The average molecular weight is 238 g/mol. The monoisotopic (exact) mass is 238 g/mol. The summed E-state index contributed by atoms with van der Waals surface area (Å²) in [5.74, 6) is -0.817. The minimum Gasteiger partial charge on any atom is -0.358 e. The van der Waals surface area contributed by atoms with E-state index >= 15 is 0 Å². The zero-order valence-corrected chi connectivity index (χ0v) is 9.31. The molecule has 0 spiro atoms. The van der Waals surface area contributed by atoms with Crippen LogP contribution in [0.5, 0.6) is 0 Å². The number of carbonyl (C=O) groups is 1. The Kier molecular flexibility index (Phi) is 3.36. The van der Waals surface area contributed by atoms with Gasteiger partial charge in [-0.05, 0) is 17.8 Å². The molecule has 0 aromatic carbocycles. The number of carbonyl (C=O) groups excluding carboxylic acids is 1. The second-order valence-electron chi connectivity index (χ2n) is 4.17. The van der Waals surface area contributed by atoms with E-state index in [2.05, 4.69) is 15.3 Å². The number of amides is 1. The Morgan fingerprint density at radius 2 is 2.18 bits per heavy atom. The van der Waals surface area contributed by atoms with Crippen molar-refractivity contribution in [3.8, 4) is 0 Å². The summed E-state index contributed by atoms with van der Waals surface area (Å²) >= 11 is 0. The normalized spacial score (nSPS) is 16.7. The molecule has 1 saturated carbocycles. The number of nitrogens with one attached hydrogen (secondary N) is 2. The zero-order valence-electron chi connectivity index (χ0n) is 9.31. The fourth-order valence-corrected chi connectivity index (χ4v) is 2.09. The van der Waals surface area contributed by atoms with Gasteiger partial charge in [-0.15, -0.1) is 0 Å². The van der Waals surface area contributed by atoms with Crippen LogP contribution < -0.4 is 5.32 Å². The summed E-state index contributed by atoms with van der Waals surface area (Å²) in [6.45, 7) is 0. The quantitative estimate of drug-likeness (QED) is 0.613. The zero-order chi connectivity index (χ0) is 12.3. The van der Waals surface area contributed by atoms with Gasteiger partial charge < -0.3 is 15.4 Å². The van der Waals surface area contributed by atoms with E-state index in [0.29, 0.717) is 0 Å². The Bertz CT molecular complexity index is 423. The highest BCUT2D eigenvalue weighted by atomic mass is 16.6. The molecule has 17 heavy (non-hydrogen) atoms. The van der Waals surface area contributed by atoms with E-state index in [1.807, 2.05) is 0 Å². The predicted molar refractivity (Wildman–Crippen MR) is 59.6 cm³/mol. The van der Waals surface area contributed by atoms with Gasteiger partial charge in [0.2, 0.25) is 5.69 Å². The number of rotatable bonds is 3. The van der Waals surface area contributed by atoms with E-state index in [9.17, 15) is 14.9 Å². The highest BCUT2D eigenvalue weighted by Gasteiger charge is 2.25. The maximum Gasteiger partial charge on any atom is 0.353 e. The molecule has 1 heterocycles. The molecule has 1 aromatic rings. The molecule has 0 aliphatic heterocycles. The summed E-state index contributed by atoms with van der Waals surface area (Å²) in [5, 5.41) is 13.4. The van der Waals surface area contributed by atoms with Gasteiger partial charge >= 0.3 is 5.82 Å². The van der Waals surface area contributed by atoms with E-state index in [1.165, 1.54) is 6.42 Å². The van der Waals surface area contributed by atoms with E-state index in [1.54, 1.807) is 0 Å². The first-order valence-corrected chi connectivity index (χ1v) is 5.67. The van der Waals surface area contributed by atoms with Gasteiger partial charge in [-0.3, -0.25) is 4.79 Å². The Labute approximate surface area is 97.8 Å². The first kappa shape index (κ1) is 11.6. The lowest BCUT2D eigenvalue weighted by molar-refractivity contribution is -0.389. The Morgan fingerprint density at radius 1 is 1.47 bits per heavy atom. The molecular weight excluding hydrogens is 224 g/mol. The second kappa shape index (κ2) is 4.94. The molecule has 7 nitrogen and oxygen atoms in total. The third-order valence-corrected chi connectivity index (χ3v) is 2.96. The van der Waals surface area contributed by atoms with Crippen LogP contribution in [0.2, 0.25) is 0 Å². The number of H-pyrrole nitrogens is 1. The lowest BCUT2D eigenvalue weighted by Crippen LogP contribution is -2.36. The van der Waals surface area contributed by atoms with Crippen molar-refractivity contribution in [2.24, 2.45) is 0 Å². The summed E-state index contributed by atoms with van der Waals surface area (Å²) < 4.78 is 0. The van der Waals surface area contributed by atoms with Crippen LogP contribution in [0.4, 0.5) is 5.82 Å². The van der Waals surface area contributed by atoms with E-state index < -0.39 is 10.8 Å². The predicted octanol–water partition coefficient (Wildman–Crippen LogP) is 1.38. The molecule has 0 atom stereocenters. The van der Waals surface area contributed by atoms with Crippen molar-refractivity contribution in [1.29, 1.82) is 0 Å². The fourth-order valence-electron chi connectivity index (χ4n) is 2.09. The van der Waals surface area contributed by atoms with Crippen LogP contribution in [-0.2, 0) is 0 Å². The highest BCUT2D eigenvalue weighted by molar-refractivity contribution is 5.95. The van der Waals surface area contributed by atoms with Gasteiger partial charge in [-0.1, -0.05) is 19.3 Å². The van der Waals surface area contributed by atoms with Crippen LogP contribution >= 0.6 is 0 Å². The third kappa shape index (κ3) is 2.61. The summed E-state index contributed by atoms with van der Waals surface area (Å²) in [5.41, 5.74) is -0.138. The number of hydrogen-bond donors (Lipinski definition) is 2. The van der Waals surface area contributed by atoms with Gasteiger partial charge in [-0.2, -0.15) is 0 Å². The number of nitro groups is 1. The van der Waals surface area contributed by atoms with Crippen molar-refractivity contribution in [3.05, 3.63) is 22.1 Å². The Hall–Kier alpha value is -1.92. The van der Waals surface area contributed by atoms with Gasteiger partial charge in [0.15, 0.2) is 6.33 Å². The van der Waals surface area contributed by atoms with Crippen LogP contribution in [0.3, 0.4) is 0 Å². The number of nitrogens with zero attached hydrogens (tertiary/aromatic N) is 2. The number of hydrogen-bond acceptors (Lipinski definition) is 4. The lowest BCUT2D eigenvalue weighted by atomic mass is 9.95. The summed E-state index contributed by atoms with van der Waals surface area (Å²) in [7, 11) is 0.